The lowest BCUT2D eigenvalue weighted by Crippen LogP contribution is -2.36. The molecule has 0 spiro atoms. The summed E-state index contributed by atoms with van der Waals surface area (Å²) in [4.78, 5) is 27.1. The van der Waals surface area contributed by atoms with Crippen LogP contribution >= 0.6 is 0 Å². The van der Waals surface area contributed by atoms with Gasteiger partial charge in [0.15, 0.2) is 0 Å². The molecule has 2 amide bonds. The second-order valence-electron chi connectivity index (χ2n) is 8.64. The standard InChI is InChI=1S/C28H25F3N2O4/c1-17(2)37-27(35)33-14-13-19-15-22(12-9-20(19)16-33)32-26(34)23-5-4-6-24(36-3)25(23)18-7-10-21(11-8-18)28(29,30)31/h4-12,15H,1,13-14,16H2,2-3H3,(H,32,34). The molecule has 0 aromatic heterocycles. The van der Waals surface area contributed by atoms with Crippen LogP contribution < -0.4 is 10.1 Å². The van der Waals surface area contributed by atoms with Gasteiger partial charge in [0.1, 0.15) is 5.75 Å². The summed E-state index contributed by atoms with van der Waals surface area (Å²) in [7, 11) is 1.43. The number of benzene rings is 3. The zero-order chi connectivity index (χ0) is 26.7. The van der Waals surface area contributed by atoms with Crippen molar-refractivity contribution in [3.05, 3.63) is 95.3 Å². The number of hydrogen-bond donors (Lipinski definition) is 1. The Morgan fingerprint density at radius 2 is 1.76 bits per heavy atom. The van der Waals surface area contributed by atoms with E-state index in [1.165, 1.54) is 19.2 Å². The Morgan fingerprint density at radius 1 is 1.03 bits per heavy atom. The van der Waals surface area contributed by atoms with Crippen LogP contribution in [0.4, 0.5) is 23.7 Å². The summed E-state index contributed by atoms with van der Waals surface area (Å²) in [5.41, 5.74) is 2.77. The number of carbonyl (C=O) groups is 2. The van der Waals surface area contributed by atoms with Gasteiger partial charge in [-0.15, -0.1) is 0 Å². The number of alkyl halides is 3. The minimum Gasteiger partial charge on any atom is -0.496 e. The first kappa shape index (κ1) is 25.8. The van der Waals surface area contributed by atoms with Crippen LogP contribution in [0.15, 0.2) is 73.0 Å². The van der Waals surface area contributed by atoms with Crippen LogP contribution in [0.2, 0.25) is 0 Å². The molecule has 1 aliphatic rings. The third kappa shape index (κ3) is 5.77. The maximum Gasteiger partial charge on any atom is 0.416 e. The Balaban J connectivity index is 1.57. The lowest BCUT2D eigenvalue weighted by molar-refractivity contribution is -0.137. The fourth-order valence-electron chi connectivity index (χ4n) is 4.21. The quantitative estimate of drug-likeness (QED) is 0.390. The summed E-state index contributed by atoms with van der Waals surface area (Å²) in [5, 5.41) is 2.87. The molecule has 0 bridgehead atoms. The van der Waals surface area contributed by atoms with Crippen molar-refractivity contribution in [1.29, 1.82) is 0 Å². The van der Waals surface area contributed by atoms with Crippen molar-refractivity contribution >= 4 is 17.7 Å². The van der Waals surface area contributed by atoms with Crippen LogP contribution in [0, 0.1) is 0 Å². The van der Waals surface area contributed by atoms with E-state index in [0.717, 1.165) is 23.3 Å². The van der Waals surface area contributed by atoms with Crippen LogP contribution in [-0.4, -0.2) is 30.6 Å². The van der Waals surface area contributed by atoms with E-state index in [4.69, 9.17) is 9.47 Å². The van der Waals surface area contributed by atoms with Crippen molar-refractivity contribution in [2.45, 2.75) is 26.1 Å². The van der Waals surface area contributed by atoms with Crippen LogP contribution in [-0.2, 0) is 23.9 Å². The molecule has 1 N–H and O–H groups in total. The average molecular weight is 511 g/mol. The molecule has 0 radical (unpaired) electrons. The smallest absolute Gasteiger partial charge is 0.416 e. The average Bonchev–Trinajstić information content (AvgIpc) is 2.87. The van der Waals surface area contributed by atoms with Gasteiger partial charge in [0.2, 0.25) is 0 Å². The summed E-state index contributed by atoms with van der Waals surface area (Å²) in [6.07, 6.45) is -4.34. The van der Waals surface area contributed by atoms with Gasteiger partial charge in [0, 0.05) is 24.3 Å². The number of amides is 2. The lowest BCUT2D eigenvalue weighted by atomic mass is 9.96. The van der Waals surface area contributed by atoms with Gasteiger partial charge in [-0.3, -0.25) is 4.79 Å². The number of hydrogen-bond acceptors (Lipinski definition) is 4. The van der Waals surface area contributed by atoms with Crippen molar-refractivity contribution < 1.29 is 32.2 Å². The normalized spacial score (nSPS) is 12.9. The predicted octanol–water partition coefficient (Wildman–Crippen LogP) is 6.66. The number of rotatable bonds is 5. The van der Waals surface area contributed by atoms with Gasteiger partial charge in [-0.25, -0.2) is 4.79 Å². The second-order valence-corrected chi connectivity index (χ2v) is 8.64. The van der Waals surface area contributed by atoms with Gasteiger partial charge in [-0.05, 0) is 66.4 Å². The number of methoxy groups -OCH3 is 1. The van der Waals surface area contributed by atoms with E-state index >= 15 is 0 Å². The van der Waals surface area contributed by atoms with Crippen molar-refractivity contribution in [3.63, 3.8) is 0 Å². The number of anilines is 1. The highest BCUT2D eigenvalue weighted by molar-refractivity contribution is 6.09. The number of allylic oxidation sites excluding steroid dienone is 1. The second kappa shape index (κ2) is 10.4. The minimum absolute atomic E-state index is 0.255. The number of ether oxygens (including phenoxy) is 2. The zero-order valence-corrected chi connectivity index (χ0v) is 20.3. The van der Waals surface area contributed by atoms with Gasteiger partial charge in [0.25, 0.3) is 5.91 Å². The molecule has 1 aliphatic heterocycles. The van der Waals surface area contributed by atoms with E-state index < -0.39 is 23.7 Å². The molecule has 3 aromatic rings. The highest BCUT2D eigenvalue weighted by Gasteiger charge is 2.30. The molecule has 0 saturated heterocycles. The molecular weight excluding hydrogens is 485 g/mol. The molecule has 0 fully saturated rings. The summed E-state index contributed by atoms with van der Waals surface area (Å²) in [6, 6.07) is 14.9. The Kier molecular flexibility index (Phi) is 7.24. The van der Waals surface area contributed by atoms with Gasteiger partial charge >= 0.3 is 12.3 Å². The molecule has 37 heavy (non-hydrogen) atoms. The van der Waals surface area contributed by atoms with Gasteiger partial charge in [0.05, 0.1) is 24.0 Å². The predicted molar refractivity (Wildman–Crippen MR) is 133 cm³/mol. The van der Waals surface area contributed by atoms with Crippen molar-refractivity contribution in [2.75, 3.05) is 19.0 Å². The summed E-state index contributed by atoms with van der Waals surface area (Å²) in [5.74, 6) is 0.248. The van der Waals surface area contributed by atoms with Gasteiger partial charge in [-0.1, -0.05) is 30.8 Å². The molecule has 9 heteroatoms. The van der Waals surface area contributed by atoms with Gasteiger partial charge in [-0.2, -0.15) is 13.2 Å². The van der Waals surface area contributed by atoms with E-state index in [-0.39, 0.29) is 5.56 Å². The van der Waals surface area contributed by atoms with Gasteiger partial charge < -0.3 is 19.7 Å². The Labute approximate surface area is 212 Å². The number of nitrogens with zero attached hydrogens (tertiary/aromatic N) is 1. The first-order valence-electron chi connectivity index (χ1n) is 11.5. The summed E-state index contributed by atoms with van der Waals surface area (Å²) >= 11 is 0. The van der Waals surface area contributed by atoms with Crippen molar-refractivity contribution in [2.24, 2.45) is 0 Å². The van der Waals surface area contributed by atoms with E-state index in [9.17, 15) is 22.8 Å². The molecule has 0 unspecified atom stereocenters. The molecule has 192 valence electrons. The van der Waals surface area contributed by atoms with E-state index in [0.29, 0.717) is 47.8 Å². The maximum atomic E-state index is 13.3. The van der Waals surface area contributed by atoms with E-state index in [1.54, 1.807) is 36.1 Å². The minimum atomic E-state index is -4.46. The van der Waals surface area contributed by atoms with E-state index in [2.05, 4.69) is 11.9 Å². The van der Waals surface area contributed by atoms with Crippen LogP contribution in [0.3, 0.4) is 0 Å². The number of nitrogens with one attached hydrogen (secondary N) is 1. The number of fused-ring (bicyclic) bond motifs is 1. The van der Waals surface area contributed by atoms with Crippen LogP contribution in [0.5, 0.6) is 5.75 Å². The third-order valence-electron chi connectivity index (χ3n) is 5.99. The number of carbonyl (C=O) groups excluding carboxylic acids is 2. The third-order valence-corrected chi connectivity index (χ3v) is 5.99. The molecule has 4 rings (SSSR count). The molecule has 3 aromatic carbocycles. The largest absolute Gasteiger partial charge is 0.496 e. The summed E-state index contributed by atoms with van der Waals surface area (Å²) < 4.78 is 49.6. The highest BCUT2D eigenvalue weighted by atomic mass is 19.4. The SMILES string of the molecule is C=C(C)OC(=O)N1CCc2cc(NC(=O)c3cccc(OC)c3-c3ccc(C(F)(F)F)cc3)ccc2C1. The molecule has 0 saturated carbocycles. The Hall–Kier alpha value is -4.27. The monoisotopic (exact) mass is 510 g/mol. The van der Waals surface area contributed by atoms with Crippen LogP contribution in [0.25, 0.3) is 11.1 Å². The topological polar surface area (TPSA) is 67.9 Å². The highest BCUT2D eigenvalue weighted by Crippen LogP contribution is 2.36. The molecule has 6 nitrogen and oxygen atoms in total. The molecule has 1 heterocycles. The first-order chi connectivity index (χ1) is 17.6. The van der Waals surface area contributed by atoms with E-state index in [1.807, 2.05) is 12.1 Å². The zero-order valence-electron chi connectivity index (χ0n) is 20.3. The molecule has 0 atom stereocenters. The summed E-state index contributed by atoms with van der Waals surface area (Å²) in [6.45, 7) is 6.03. The fourth-order valence-corrected chi connectivity index (χ4v) is 4.21. The van der Waals surface area contributed by atoms with Crippen molar-refractivity contribution in [3.8, 4) is 16.9 Å². The maximum absolute atomic E-state index is 13.3. The Bertz CT molecular complexity index is 1350. The Morgan fingerprint density at radius 3 is 2.41 bits per heavy atom. The van der Waals surface area contributed by atoms with Crippen molar-refractivity contribution in [1.82, 2.24) is 4.90 Å². The lowest BCUT2D eigenvalue weighted by Gasteiger charge is -2.28. The molecular formula is C28H25F3N2O4. The fraction of sp³-hybridized carbons (Fsp3) is 0.214. The first-order valence-corrected chi connectivity index (χ1v) is 11.5. The van der Waals surface area contributed by atoms with Crippen LogP contribution in [0.1, 0.15) is 34.0 Å². The molecule has 0 aliphatic carbocycles. The number of halogens is 3.